The predicted octanol–water partition coefficient (Wildman–Crippen LogP) is 4.75. The highest BCUT2D eigenvalue weighted by Gasteiger charge is 2.43. The largest absolute Gasteiger partial charge is 0.411 e. The van der Waals surface area contributed by atoms with Crippen molar-refractivity contribution in [3.8, 4) is 0 Å². The van der Waals surface area contributed by atoms with E-state index < -0.39 is 8.32 Å². The molecule has 0 N–H and O–H groups in total. The quantitative estimate of drug-likeness (QED) is 0.461. The first-order valence-corrected chi connectivity index (χ1v) is 10.1. The molecule has 16 heavy (non-hydrogen) atoms. The standard InChI is InChI=1S/C14H28OSi/c1-6-8-10-14(11-9-12-14)13(7-2)15-16(3,4)5/h7,13H,2,6,8-12H2,1,3-5H3. The molecule has 0 aliphatic heterocycles. The fraction of sp³-hybridized carbons (Fsp3) is 0.857. The van der Waals surface area contributed by atoms with Crippen LogP contribution in [0.2, 0.25) is 19.6 Å². The topological polar surface area (TPSA) is 9.23 Å². The van der Waals surface area contributed by atoms with Gasteiger partial charge in [0.25, 0.3) is 0 Å². The van der Waals surface area contributed by atoms with Crippen molar-refractivity contribution in [3.63, 3.8) is 0 Å². The molecule has 0 radical (unpaired) electrons. The molecule has 1 nitrogen and oxygen atoms in total. The molecule has 1 aliphatic carbocycles. The van der Waals surface area contributed by atoms with Crippen molar-refractivity contribution in [2.45, 2.75) is 71.2 Å². The van der Waals surface area contributed by atoms with Gasteiger partial charge in [0.2, 0.25) is 0 Å². The highest BCUT2D eigenvalue weighted by Crippen LogP contribution is 2.49. The van der Waals surface area contributed by atoms with Crippen LogP contribution >= 0.6 is 0 Å². The molecule has 0 aromatic carbocycles. The summed E-state index contributed by atoms with van der Waals surface area (Å²) in [6, 6.07) is 0. The molecule has 0 heterocycles. The molecule has 0 aromatic heterocycles. The summed E-state index contributed by atoms with van der Waals surface area (Å²) in [5.41, 5.74) is 0.442. The fourth-order valence-electron chi connectivity index (χ4n) is 2.64. The zero-order valence-electron chi connectivity index (χ0n) is 11.5. The lowest BCUT2D eigenvalue weighted by Crippen LogP contribution is -2.46. The van der Waals surface area contributed by atoms with Crippen LogP contribution in [0.1, 0.15) is 45.4 Å². The van der Waals surface area contributed by atoms with Gasteiger partial charge in [-0.25, -0.2) is 0 Å². The average molecular weight is 240 g/mol. The Bertz CT molecular complexity index is 225. The van der Waals surface area contributed by atoms with Crippen molar-refractivity contribution in [1.29, 1.82) is 0 Å². The third kappa shape index (κ3) is 3.46. The van der Waals surface area contributed by atoms with Gasteiger partial charge in [0, 0.05) is 0 Å². The van der Waals surface area contributed by atoms with E-state index in [0.717, 1.165) is 0 Å². The van der Waals surface area contributed by atoms with Gasteiger partial charge in [-0.05, 0) is 44.3 Å². The second-order valence-corrected chi connectivity index (χ2v) is 10.7. The van der Waals surface area contributed by atoms with Gasteiger partial charge in [-0.3, -0.25) is 0 Å². The van der Waals surface area contributed by atoms with Crippen LogP contribution in [0.15, 0.2) is 12.7 Å². The van der Waals surface area contributed by atoms with Crippen molar-refractivity contribution in [2.24, 2.45) is 5.41 Å². The van der Waals surface area contributed by atoms with E-state index in [9.17, 15) is 0 Å². The van der Waals surface area contributed by atoms with Crippen LogP contribution in [0.4, 0.5) is 0 Å². The molecule has 0 bridgehead atoms. The van der Waals surface area contributed by atoms with Crippen molar-refractivity contribution in [3.05, 3.63) is 12.7 Å². The number of hydrogen-bond donors (Lipinski definition) is 0. The molecule has 94 valence electrons. The molecule has 2 heteroatoms. The summed E-state index contributed by atoms with van der Waals surface area (Å²) in [6.45, 7) is 13.1. The van der Waals surface area contributed by atoms with E-state index >= 15 is 0 Å². The van der Waals surface area contributed by atoms with E-state index in [4.69, 9.17) is 4.43 Å². The minimum Gasteiger partial charge on any atom is -0.411 e. The molecule has 1 fully saturated rings. The predicted molar refractivity (Wildman–Crippen MR) is 74.2 cm³/mol. The van der Waals surface area contributed by atoms with Crippen molar-refractivity contribution < 1.29 is 4.43 Å². The highest BCUT2D eigenvalue weighted by molar-refractivity contribution is 6.69. The maximum absolute atomic E-state index is 6.31. The van der Waals surface area contributed by atoms with Gasteiger partial charge >= 0.3 is 0 Å². The summed E-state index contributed by atoms with van der Waals surface area (Å²) in [7, 11) is -1.44. The van der Waals surface area contributed by atoms with E-state index in [0.29, 0.717) is 11.5 Å². The van der Waals surface area contributed by atoms with Crippen molar-refractivity contribution in [2.75, 3.05) is 0 Å². The Hall–Kier alpha value is -0.0831. The number of hydrogen-bond acceptors (Lipinski definition) is 1. The van der Waals surface area contributed by atoms with Gasteiger partial charge in [0.15, 0.2) is 8.32 Å². The molecule has 1 aliphatic rings. The van der Waals surface area contributed by atoms with Gasteiger partial charge in [0.05, 0.1) is 6.10 Å². The zero-order chi connectivity index (χ0) is 12.2. The molecule has 1 atom stereocenters. The Morgan fingerprint density at radius 2 is 2.00 bits per heavy atom. The monoisotopic (exact) mass is 240 g/mol. The van der Waals surface area contributed by atoms with E-state index in [2.05, 4.69) is 39.2 Å². The van der Waals surface area contributed by atoms with Gasteiger partial charge in [0.1, 0.15) is 0 Å². The summed E-state index contributed by atoms with van der Waals surface area (Å²) >= 11 is 0. The molecule has 0 aromatic rings. The summed E-state index contributed by atoms with van der Waals surface area (Å²) in [6.07, 6.45) is 10.4. The molecule has 1 unspecified atom stereocenters. The van der Waals surface area contributed by atoms with Crippen LogP contribution in [0.3, 0.4) is 0 Å². The molecule has 1 rings (SSSR count). The summed E-state index contributed by atoms with van der Waals surface area (Å²) < 4.78 is 6.31. The Kier molecular flexibility index (Phi) is 4.81. The number of unbranched alkanes of at least 4 members (excludes halogenated alkanes) is 1. The maximum atomic E-state index is 6.31. The smallest absolute Gasteiger partial charge is 0.184 e. The van der Waals surface area contributed by atoms with Crippen molar-refractivity contribution in [1.82, 2.24) is 0 Å². The second-order valence-electron chi connectivity index (χ2n) is 6.21. The Morgan fingerprint density at radius 1 is 1.38 bits per heavy atom. The SMILES string of the molecule is C=CC(O[Si](C)(C)C)C1(CCCC)CCC1. The van der Waals surface area contributed by atoms with Gasteiger partial charge in [-0.15, -0.1) is 6.58 Å². The Labute approximate surface area is 102 Å². The Morgan fingerprint density at radius 3 is 2.31 bits per heavy atom. The fourth-order valence-corrected chi connectivity index (χ4v) is 3.75. The first-order chi connectivity index (χ1) is 7.43. The molecule has 0 saturated heterocycles. The van der Waals surface area contributed by atoms with Crippen LogP contribution in [-0.2, 0) is 4.43 Å². The van der Waals surface area contributed by atoms with E-state index in [-0.39, 0.29) is 0 Å². The first kappa shape index (κ1) is 14.0. The average Bonchev–Trinajstić information content (AvgIpc) is 2.12. The van der Waals surface area contributed by atoms with E-state index in [1.165, 1.54) is 38.5 Å². The molecular weight excluding hydrogens is 212 g/mol. The molecule has 1 saturated carbocycles. The number of rotatable bonds is 7. The third-order valence-corrected chi connectivity index (χ3v) is 4.64. The van der Waals surface area contributed by atoms with Gasteiger partial charge in [-0.2, -0.15) is 0 Å². The highest BCUT2D eigenvalue weighted by atomic mass is 28.4. The lowest BCUT2D eigenvalue weighted by atomic mass is 9.62. The lowest BCUT2D eigenvalue weighted by Gasteiger charge is -2.48. The minimum absolute atomic E-state index is 0.305. The minimum atomic E-state index is -1.44. The third-order valence-electron chi connectivity index (χ3n) is 3.68. The molecule has 0 spiro atoms. The zero-order valence-corrected chi connectivity index (χ0v) is 12.5. The maximum Gasteiger partial charge on any atom is 0.184 e. The van der Waals surface area contributed by atoms with Crippen LogP contribution in [0.5, 0.6) is 0 Å². The summed E-state index contributed by atoms with van der Waals surface area (Å²) in [4.78, 5) is 0. The summed E-state index contributed by atoms with van der Waals surface area (Å²) in [5, 5.41) is 0. The van der Waals surface area contributed by atoms with E-state index in [1.807, 2.05) is 0 Å². The normalized spacial score (nSPS) is 21.2. The summed E-state index contributed by atoms with van der Waals surface area (Å²) in [5.74, 6) is 0. The van der Waals surface area contributed by atoms with Crippen LogP contribution in [0.25, 0.3) is 0 Å². The first-order valence-electron chi connectivity index (χ1n) is 6.74. The Balaban J connectivity index is 2.64. The second kappa shape index (κ2) is 5.50. The van der Waals surface area contributed by atoms with Crippen LogP contribution in [-0.4, -0.2) is 14.4 Å². The van der Waals surface area contributed by atoms with Crippen molar-refractivity contribution >= 4 is 8.32 Å². The molecule has 0 amide bonds. The lowest BCUT2D eigenvalue weighted by molar-refractivity contribution is -0.00326. The molecular formula is C14H28OSi. The van der Waals surface area contributed by atoms with Crippen LogP contribution < -0.4 is 0 Å². The van der Waals surface area contributed by atoms with E-state index in [1.54, 1.807) is 0 Å². The van der Waals surface area contributed by atoms with Gasteiger partial charge < -0.3 is 4.43 Å². The van der Waals surface area contributed by atoms with Crippen LogP contribution in [0, 0.1) is 5.41 Å². The van der Waals surface area contributed by atoms with Gasteiger partial charge in [-0.1, -0.05) is 32.3 Å².